The van der Waals surface area contributed by atoms with E-state index in [0.29, 0.717) is 17.3 Å². The van der Waals surface area contributed by atoms with E-state index in [-0.39, 0.29) is 6.04 Å². The second kappa shape index (κ2) is 6.31. The van der Waals surface area contributed by atoms with E-state index in [1.54, 1.807) is 11.3 Å². The van der Waals surface area contributed by atoms with Gasteiger partial charge in [-0.05, 0) is 30.1 Å². The van der Waals surface area contributed by atoms with Crippen molar-refractivity contribution in [1.82, 2.24) is 25.3 Å². The molecule has 0 spiro atoms. The van der Waals surface area contributed by atoms with Gasteiger partial charge < -0.3 is 10.2 Å². The Kier molecular flexibility index (Phi) is 4.01. The Hall–Kier alpha value is -2.29. The highest BCUT2D eigenvalue weighted by Crippen LogP contribution is 2.32. The molecule has 9 heteroatoms. The highest BCUT2D eigenvalue weighted by molar-refractivity contribution is 7.09. The van der Waals surface area contributed by atoms with E-state index in [9.17, 15) is 0 Å². The van der Waals surface area contributed by atoms with Gasteiger partial charge in [0.2, 0.25) is 11.3 Å². The molecule has 0 unspecified atom stereocenters. The van der Waals surface area contributed by atoms with Crippen molar-refractivity contribution in [1.29, 1.82) is 0 Å². The van der Waals surface area contributed by atoms with Gasteiger partial charge >= 0.3 is 0 Å². The molecule has 0 aromatic carbocycles. The summed E-state index contributed by atoms with van der Waals surface area (Å²) in [5.74, 6) is 1.48. The van der Waals surface area contributed by atoms with Crippen molar-refractivity contribution in [3.8, 4) is 0 Å². The summed E-state index contributed by atoms with van der Waals surface area (Å²) in [5, 5.41) is 14.2. The fourth-order valence-electron chi connectivity index (χ4n) is 3.03. The second-order valence-corrected chi connectivity index (χ2v) is 7.02. The third-order valence-corrected chi connectivity index (χ3v) is 5.46. The van der Waals surface area contributed by atoms with Crippen LogP contribution in [0.4, 0.5) is 11.6 Å². The first-order valence-corrected chi connectivity index (χ1v) is 8.99. The van der Waals surface area contributed by atoms with Gasteiger partial charge in [0.05, 0.1) is 6.04 Å². The maximum atomic E-state index is 4.78. The van der Waals surface area contributed by atoms with Crippen molar-refractivity contribution >= 4 is 34.3 Å². The van der Waals surface area contributed by atoms with E-state index in [1.807, 2.05) is 18.6 Å². The third kappa shape index (κ3) is 2.79. The van der Waals surface area contributed by atoms with Gasteiger partial charge in [-0.2, -0.15) is 0 Å². The van der Waals surface area contributed by atoms with E-state index >= 15 is 0 Å². The van der Waals surface area contributed by atoms with Crippen LogP contribution in [0.3, 0.4) is 0 Å². The summed E-state index contributed by atoms with van der Waals surface area (Å²) >= 11 is 1.63. The third-order valence-electron chi connectivity index (χ3n) is 4.52. The number of fused-ring (bicyclic) bond motifs is 1. The largest absolute Gasteiger partial charge is 0.364 e. The molecule has 3 heterocycles. The van der Waals surface area contributed by atoms with Crippen molar-refractivity contribution in [3.63, 3.8) is 0 Å². The van der Waals surface area contributed by atoms with Crippen molar-refractivity contribution in [3.05, 3.63) is 16.6 Å². The maximum Gasteiger partial charge on any atom is 0.245 e. The zero-order chi connectivity index (χ0) is 16.5. The predicted octanol–water partition coefficient (Wildman–Crippen LogP) is 3.02. The summed E-state index contributed by atoms with van der Waals surface area (Å²) in [6.07, 6.45) is 6.63. The Bertz CT molecular complexity index is 812. The summed E-state index contributed by atoms with van der Waals surface area (Å²) < 4.78 is 4.78. The molecule has 0 saturated heterocycles. The van der Waals surface area contributed by atoms with Crippen molar-refractivity contribution in [2.45, 2.75) is 44.7 Å². The zero-order valence-electron chi connectivity index (χ0n) is 13.6. The molecule has 4 rings (SSSR count). The summed E-state index contributed by atoms with van der Waals surface area (Å²) in [6.45, 7) is 2.10. The lowest BCUT2D eigenvalue weighted by molar-refractivity contribution is 0.314. The quantitative estimate of drug-likeness (QED) is 0.754. The zero-order valence-corrected chi connectivity index (χ0v) is 14.5. The molecular formula is C15H19N7OS. The van der Waals surface area contributed by atoms with Crippen LogP contribution in [0.2, 0.25) is 0 Å². The molecule has 1 aliphatic rings. The van der Waals surface area contributed by atoms with Crippen LogP contribution in [0, 0.1) is 0 Å². The minimum absolute atomic E-state index is 0.0840. The monoisotopic (exact) mass is 345 g/mol. The molecule has 0 amide bonds. The van der Waals surface area contributed by atoms with Crippen LogP contribution < -0.4 is 10.2 Å². The normalized spacial score (nSPS) is 16.6. The maximum absolute atomic E-state index is 4.78. The fourth-order valence-corrected chi connectivity index (χ4v) is 3.76. The molecular weight excluding hydrogens is 326 g/mol. The van der Waals surface area contributed by atoms with Crippen molar-refractivity contribution < 1.29 is 4.63 Å². The standard InChI is InChI=1S/C15H19N7OS/c1-9(15-16-7-8-24-15)22(2)14-13(17-10-5-3-4-6-10)18-11-12(19-14)21-23-20-11/h7-10H,3-6H2,1-2H3,(H,17,18,20)/t9-/m1/s1. The van der Waals surface area contributed by atoms with Crippen molar-refractivity contribution in [2.75, 3.05) is 17.3 Å². The lowest BCUT2D eigenvalue weighted by Gasteiger charge is -2.26. The van der Waals surface area contributed by atoms with Crippen molar-refractivity contribution in [2.24, 2.45) is 0 Å². The van der Waals surface area contributed by atoms with Gasteiger partial charge in [0.25, 0.3) is 0 Å². The van der Waals surface area contributed by atoms with Gasteiger partial charge in [-0.15, -0.1) is 11.3 Å². The SMILES string of the molecule is C[C@H](c1nccs1)N(C)c1nc2nonc2nc1NC1CCCC1. The first-order chi connectivity index (χ1) is 11.7. The minimum atomic E-state index is 0.0840. The molecule has 0 bridgehead atoms. The Morgan fingerprint density at radius 3 is 2.71 bits per heavy atom. The lowest BCUT2D eigenvalue weighted by Crippen LogP contribution is -2.26. The van der Waals surface area contributed by atoms with Gasteiger partial charge in [-0.25, -0.2) is 19.6 Å². The van der Waals surface area contributed by atoms with Gasteiger partial charge in [0.1, 0.15) is 5.01 Å². The average Bonchev–Trinajstić information content (AvgIpc) is 3.34. The highest BCUT2D eigenvalue weighted by atomic mass is 32.1. The van der Waals surface area contributed by atoms with Gasteiger partial charge in [0.15, 0.2) is 11.6 Å². The molecule has 1 aliphatic carbocycles. The Morgan fingerprint density at radius 2 is 2.00 bits per heavy atom. The summed E-state index contributed by atoms with van der Waals surface area (Å²) in [5.41, 5.74) is 0.842. The summed E-state index contributed by atoms with van der Waals surface area (Å²) in [6, 6.07) is 0.514. The summed E-state index contributed by atoms with van der Waals surface area (Å²) in [4.78, 5) is 15.7. The van der Waals surface area contributed by atoms with Crippen LogP contribution in [0.15, 0.2) is 16.2 Å². The van der Waals surface area contributed by atoms with Crippen LogP contribution in [-0.4, -0.2) is 38.4 Å². The number of hydrogen-bond donors (Lipinski definition) is 1. The number of anilines is 2. The molecule has 8 nitrogen and oxygen atoms in total. The first kappa shape index (κ1) is 15.3. The predicted molar refractivity (Wildman–Crippen MR) is 92.2 cm³/mol. The number of rotatable bonds is 5. The van der Waals surface area contributed by atoms with Crippen LogP contribution >= 0.6 is 11.3 Å². The molecule has 126 valence electrons. The Balaban J connectivity index is 1.70. The van der Waals surface area contributed by atoms with E-state index in [4.69, 9.17) is 4.63 Å². The smallest absolute Gasteiger partial charge is 0.245 e. The lowest BCUT2D eigenvalue weighted by atomic mass is 10.2. The minimum Gasteiger partial charge on any atom is -0.364 e. The van der Waals surface area contributed by atoms with Crippen LogP contribution in [0.25, 0.3) is 11.3 Å². The molecule has 1 fully saturated rings. The first-order valence-electron chi connectivity index (χ1n) is 8.11. The molecule has 1 saturated carbocycles. The van der Waals surface area contributed by atoms with E-state index in [0.717, 1.165) is 29.5 Å². The molecule has 0 radical (unpaired) electrons. The number of hydrogen-bond acceptors (Lipinski definition) is 9. The van der Waals surface area contributed by atoms with Gasteiger partial charge in [0, 0.05) is 24.7 Å². The topological polar surface area (TPSA) is 92.9 Å². The molecule has 3 aromatic heterocycles. The van der Waals surface area contributed by atoms with E-state index < -0.39 is 0 Å². The number of thiazole rings is 1. The molecule has 24 heavy (non-hydrogen) atoms. The number of aromatic nitrogens is 5. The summed E-state index contributed by atoms with van der Waals surface area (Å²) in [7, 11) is 2.00. The highest BCUT2D eigenvalue weighted by Gasteiger charge is 2.24. The average molecular weight is 345 g/mol. The number of nitrogens with one attached hydrogen (secondary N) is 1. The molecule has 1 atom stereocenters. The number of nitrogens with zero attached hydrogens (tertiary/aromatic N) is 6. The van der Waals surface area contributed by atoms with Crippen LogP contribution in [0.5, 0.6) is 0 Å². The molecule has 1 N–H and O–H groups in total. The van der Waals surface area contributed by atoms with Crippen LogP contribution in [-0.2, 0) is 0 Å². The Morgan fingerprint density at radius 1 is 1.25 bits per heavy atom. The second-order valence-electron chi connectivity index (χ2n) is 6.09. The fraction of sp³-hybridized carbons (Fsp3) is 0.533. The van der Waals surface area contributed by atoms with Gasteiger partial charge in [-0.1, -0.05) is 12.8 Å². The van der Waals surface area contributed by atoms with Gasteiger partial charge in [-0.3, -0.25) is 0 Å². The Labute approximate surface area is 143 Å². The molecule has 3 aromatic rings. The van der Waals surface area contributed by atoms with E-state index in [1.165, 1.54) is 12.8 Å². The molecule has 0 aliphatic heterocycles. The van der Waals surface area contributed by atoms with Crippen LogP contribution in [0.1, 0.15) is 43.7 Å². The van der Waals surface area contributed by atoms with E-state index in [2.05, 4.69) is 42.4 Å².